The highest BCUT2D eigenvalue weighted by atomic mass is 16.4. The summed E-state index contributed by atoms with van der Waals surface area (Å²) in [4.78, 5) is 10.4. The summed E-state index contributed by atoms with van der Waals surface area (Å²) in [6.45, 7) is -5.93. The van der Waals surface area contributed by atoms with Gasteiger partial charge in [-0.1, -0.05) is 0 Å². The number of aliphatic carboxylic acids is 1. The number of hydrogen-bond donors (Lipinski definition) is 1. The van der Waals surface area contributed by atoms with E-state index in [1.54, 1.807) is 0 Å². The second-order valence-electron chi connectivity index (χ2n) is 2.95. The topological polar surface area (TPSA) is 60.4 Å². The Labute approximate surface area is 81.4 Å². The molecule has 0 radical (unpaired) electrons. The van der Waals surface area contributed by atoms with E-state index < -0.39 is 42.8 Å². The van der Waals surface area contributed by atoms with Gasteiger partial charge in [0.25, 0.3) is 0 Å². The number of carboxylic acids is 1. The van der Waals surface area contributed by atoms with E-state index in [0.717, 1.165) is 0 Å². The van der Waals surface area contributed by atoms with Crippen LogP contribution in [0.25, 0.3) is 0 Å². The van der Waals surface area contributed by atoms with Crippen LogP contribution in [0.15, 0.2) is 0 Å². The molecule has 4 nitrogen and oxygen atoms in total. The Morgan fingerprint density at radius 2 is 2.50 bits per heavy atom. The molecule has 0 amide bonds. The smallest absolute Gasteiger partial charge is 0.108 e. The maximum Gasteiger partial charge on any atom is 0.108 e. The lowest BCUT2D eigenvalue weighted by Crippen LogP contribution is -2.46. The van der Waals surface area contributed by atoms with Crippen molar-refractivity contribution < 1.29 is 27.7 Å². The first-order valence-corrected chi connectivity index (χ1v) is 3.38. The van der Waals surface area contributed by atoms with Crippen LogP contribution < -0.4 is 5.11 Å². The summed E-state index contributed by atoms with van der Waals surface area (Å²) < 4.78 is 43.1. The van der Waals surface area contributed by atoms with Crippen LogP contribution in [0, 0.1) is 0 Å². The maximum absolute atomic E-state index is 10.4. The van der Waals surface area contributed by atoms with Crippen molar-refractivity contribution in [1.82, 2.24) is 0 Å². The zero-order valence-electron chi connectivity index (χ0n) is 13.1. The summed E-state index contributed by atoms with van der Waals surface area (Å²) >= 11 is 0. The molecule has 72 valence electrons. The van der Waals surface area contributed by atoms with Gasteiger partial charge >= 0.3 is 0 Å². The molecule has 4 heteroatoms. The molecular weight excluding hydrogens is 158 g/mol. The average molecular weight is 181 g/mol. The van der Waals surface area contributed by atoms with Crippen LogP contribution in [0.2, 0.25) is 0 Å². The third-order valence-corrected chi connectivity index (χ3v) is 1.14. The number of quaternary nitrogens is 1. The molecule has 0 bridgehead atoms. The normalized spacial score (nSPS) is 26.6. The minimum Gasteiger partial charge on any atom is -0.550 e. The van der Waals surface area contributed by atoms with Crippen molar-refractivity contribution in [3.8, 4) is 0 Å². The van der Waals surface area contributed by atoms with Gasteiger partial charge in [-0.2, -0.15) is 0 Å². The van der Waals surface area contributed by atoms with Crippen LogP contribution in [-0.2, 0) is 4.79 Å². The Bertz CT molecular complexity index is 325. The van der Waals surface area contributed by atoms with Crippen LogP contribution in [-0.4, -0.2) is 48.8 Å². The summed E-state index contributed by atoms with van der Waals surface area (Å²) in [5.41, 5.74) is 0. The van der Waals surface area contributed by atoms with Gasteiger partial charge in [-0.05, 0) is 6.85 Å². The van der Waals surface area contributed by atoms with E-state index in [9.17, 15) is 15.0 Å². The molecule has 1 atom stereocenters. The molecule has 0 saturated carbocycles. The standard InChI is InChI=1S/C8H17NO3/c1-4-9(2,3)6-7(10)5-8(11)12/h7,10H,4-6H2,1-3H3/t7-/m1/s1/i1D3,6D2,7D. The number of hydrogen-bond acceptors (Lipinski definition) is 3. The number of carbonyl (C=O) groups excluding carboxylic acids is 1. The van der Waals surface area contributed by atoms with Gasteiger partial charge in [0.1, 0.15) is 12.6 Å². The van der Waals surface area contributed by atoms with E-state index in [1.165, 1.54) is 14.1 Å². The molecule has 0 aliphatic rings. The fraction of sp³-hybridized carbons (Fsp3) is 0.875. The fourth-order valence-electron chi connectivity index (χ4n) is 0.565. The predicted octanol–water partition coefficient (Wildman–Crippen LogP) is -1.42. The monoisotopic (exact) mass is 181 g/mol. The first-order chi connectivity index (χ1) is 7.62. The van der Waals surface area contributed by atoms with Crippen molar-refractivity contribution in [3.05, 3.63) is 0 Å². The summed E-state index contributed by atoms with van der Waals surface area (Å²) in [6, 6.07) is 0. The lowest BCUT2D eigenvalue weighted by atomic mass is 10.2. The minimum atomic E-state index is -2.99. The highest BCUT2D eigenvalue weighted by molar-refractivity contribution is 5.64. The van der Waals surface area contributed by atoms with Gasteiger partial charge < -0.3 is 19.5 Å². The van der Waals surface area contributed by atoms with Gasteiger partial charge in [0.2, 0.25) is 0 Å². The van der Waals surface area contributed by atoms with Gasteiger partial charge in [-0.15, -0.1) is 0 Å². The quantitative estimate of drug-likeness (QED) is 0.530. The summed E-state index contributed by atoms with van der Waals surface area (Å²) in [7, 11) is 2.34. The minimum absolute atomic E-state index is 0.658. The Hall–Kier alpha value is -0.610. The molecule has 0 fully saturated rings. The van der Waals surface area contributed by atoms with Gasteiger partial charge in [-0.3, -0.25) is 0 Å². The van der Waals surface area contributed by atoms with E-state index in [1.807, 2.05) is 0 Å². The summed E-state index contributed by atoms with van der Waals surface area (Å²) in [5, 5.41) is 20.0. The summed E-state index contributed by atoms with van der Waals surface area (Å²) in [5.74, 6) is -1.79. The fourth-order valence-corrected chi connectivity index (χ4v) is 0.565. The van der Waals surface area contributed by atoms with E-state index in [2.05, 4.69) is 0 Å². The zero-order valence-corrected chi connectivity index (χ0v) is 7.13. The van der Waals surface area contributed by atoms with Crippen LogP contribution >= 0.6 is 0 Å². The maximum atomic E-state index is 10.4. The zero-order chi connectivity index (χ0) is 15.0. The molecule has 0 heterocycles. The van der Waals surface area contributed by atoms with Crippen molar-refractivity contribution in [2.75, 3.05) is 27.1 Å². The number of likely N-dealkylation sites (N-methyl/N-ethyl adjacent to an activating group) is 1. The van der Waals surface area contributed by atoms with Gasteiger partial charge in [0.15, 0.2) is 0 Å². The molecule has 0 aromatic carbocycles. The molecule has 12 heavy (non-hydrogen) atoms. The first-order valence-electron chi connectivity index (χ1n) is 6.38. The lowest BCUT2D eigenvalue weighted by Gasteiger charge is -2.30. The molecule has 0 rings (SSSR count). The second-order valence-corrected chi connectivity index (χ2v) is 2.95. The van der Waals surface area contributed by atoms with Crippen molar-refractivity contribution in [1.29, 1.82) is 0 Å². The lowest BCUT2D eigenvalue weighted by molar-refractivity contribution is -0.891. The molecule has 0 spiro atoms. The number of carbonyl (C=O) groups is 1. The number of rotatable bonds is 5. The molecule has 0 unspecified atom stereocenters. The van der Waals surface area contributed by atoms with E-state index in [4.69, 9.17) is 8.22 Å². The summed E-state index contributed by atoms with van der Waals surface area (Å²) in [6.07, 6.45) is -4.23. The third kappa shape index (κ3) is 5.09. The molecule has 0 aromatic rings. The highest BCUT2D eigenvalue weighted by Crippen LogP contribution is 2.01. The molecular formula is C8H17NO3. The van der Waals surface area contributed by atoms with E-state index in [0.29, 0.717) is 0 Å². The van der Waals surface area contributed by atoms with E-state index >= 15 is 0 Å². The van der Waals surface area contributed by atoms with Crippen LogP contribution in [0.1, 0.15) is 21.5 Å². The first kappa shape index (κ1) is 4.58. The van der Waals surface area contributed by atoms with Gasteiger partial charge in [0.05, 0.1) is 24.8 Å². The number of aliphatic hydroxyl groups is 1. The van der Waals surface area contributed by atoms with Crippen molar-refractivity contribution in [3.63, 3.8) is 0 Å². The predicted molar refractivity (Wildman–Crippen MR) is 43.1 cm³/mol. The number of carboxylic acid groups (broad SMARTS) is 1. The van der Waals surface area contributed by atoms with E-state index in [-0.39, 0.29) is 0 Å². The van der Waals surface area contributed by atoms with Crippen molar-refractivity contribution in [2.45, 2.75) is 19.4 Å². The molecule has 0 aromatic heterocycles. The SMILES string of the molecule is [2H]C([2H])([2H])C[N+](C)(C)C([2H])([2H])[C@]([2H])(O)CC(=O)[O-]. The highest BCUT2D eigenvalue weighted by Gasteiger charge is 2.17. The molecule has 0 aliphatic carbocycles. The average Bonchev–Trinajstić information content (AvgIpc) is 1.95. The van der Waals surface area contributed by atoms with Gasteiger partial charge in [0, 0.05) is 16.5 Å². The second kappa shape index (κ2) is 4.42. The van der Waals surface area contributed by atoms with Crippen LogP contribution in [0.3, 0.4) is 0 Å². The third-order valence-electron chi connectivity index (χ3n) is 1.14. The Balaban J connectivity index is 5.28. The van der Waals surface area contributed by atoms with Crippen LogP contribution in [0.5, 0.6) is 0 Å². The van der Waals surface area contributed by atoms with Crippen molar-refractivity contribution >= 4 is 5.97 Å². The Morgan fingerprint density at radius 1 is 1.92 bits per heavy atom. The van der Waals surface area contributed by atoms with Gasteiger partial charge in [-0.25, -0.2) is 0 Å². The molecule has 0 aliphatic heterocycles. The molecule has 0 saturated heterocycles. The van der Waals surface area contributed by atoms with Crippen molar-refractivity contribution in [2.24, 2.45) is 0 Å². The largest absolute Gasteiger partial charge is 0.550 e. The number of nitrogens with zero attached hydrogens (tertiary/aromatic N) is 1. The van der Waals surface area contributed by atoms with Crippen LogP contribution in [0.4, 0.5) is 0 Å². The Morgan fingerprint density at radius 3 is 2.92 bits per heavy atom. The molecule has 1 N–H and O–H groups in total. The Kier molecular flexibility index (Phi) is 1.69.